The third-order valence-electron chi connectivity index (χ3n) is 5.19. The maximum Gasteiger partial charge on any atom is 0.322 e. The molecule has 1 aromatic heterocycles. The first-order chi connectivity index (χ1) is 13.6. The summed E-state index contributed by atoms with van der Waals surface area (Å²) >= 11 is 0. The van der Waals surface area contributed by atoms with Crippen molar-refractivity contribution in [2.24, 2.45) is 0 Å². The summed E-state index contributed by atoms with van der Waals surface area (Å²) in [6.45, 7) is 4.21. The fourth-order valence-electron chi connectivity index (χ4n) is 3.76. The van der Waals surface area contributed by atoms with E-state index in [1.165, 1.54) is 5.56 Å². The van der Waals surface area contributed by atoms with Crippen LogP contribution in [-0.4, -0.2) is 45.1 Å². The number of nitro groups is 1. The zero-order valence-corrected chi connectivity index (χ0v) is 16.2. The number of nitrogens with one attached hydrogen (secondary N) is 2. The van der Waals surface area contributed by atoms with Gasteiger partial charge in [0, 0.05) is 19.1 Å². The van der Waals surface area contributed by atoms with Crippen LogP contribution >= 0.6 is 0 Å². The number of aromatic nitrogens is 2. The first kappa shape index (κ1) is 20.0. The largest absolute Gasteiger partial charge is 0.349 e. The second kappa shape index (κ2) is 9.45. The molecule has 2 aromatic rings. The Labute approximate surface area is 164 Å². The van der Waals surface area contributed by atoms with Crippen molar-refractivity contribution >= 4 is 11.6 Å². The van der Waals surface area contributed by atoms with E-state index in [1.807, 2.05) is 25.1 Å². The number of H-pyrrole nitrogens is 1. The molecule has 1 fully saturated rings. The fourth-order valence-corrected chi connectivity index (χ4v) is 3.76. The van der Waals surface area contributed by atoms with Crippen molar-refractivity contribution in [3.8, 4) is 0 Å². The van der Waals surface area contributed by atoms with E-state index in [0.29, 0.717) is 18.7 Å². The molecule has 1 aliphatic rings. The van der Waals surface area contributed by atoms with E-state index in [-0.39, 0.29) is 17.4 Å². The van der Waals surface area contributed by atoms with Crippen LogP contribution in [0.2, 0.25) is 0 Å². The predicted octanol–water partition coefficient (Wildman–Crippen LogP) is 3.05. The van der Waals surface area contributed by atoms with Crippen LogP contribution in [0.1, 0.15) is 54.4 Å². The topological polar surface area (TPSA) is 104 Å². The van der Waals surface area contributed by atoms with Gasteiger partial charge in [0.15, 0.2) is 0 Å². The Kier molecular flexibility index (Phi) is 6.76. The number of likely N-dealkylation sites (tertiary alicyclic amines) is 1. The van der Waals surface area contributed by atoms with E-state index in [0.717, 1.165) is 38.8 Å². The number of carbonyl (C=O) groups is 1. The van der Waals surface area contributed by atoms with Gasteiger partial charge in [0.2, 0.25) is 5.69 Å². The molecule has 0 spiro atoms. The molecule has 1 unspecified atom stereocenters. The molecule has 2 N–H and O–H groups in total. The summed E-state index contributed by atoms with van der Waals surface area (Å²) in [5.74, 6) is -0.490. The third-order valence-corrected chi connectivity index (χ3v) is 5.19. The Morgan fingerprint density at radius 2 is 2.14 bits per heavy atom. The highest BCUT2D eigenvalue weighted by molar-refractivity contribution is 5.96. The average Bonchev–Trinajstić information content (AvgIpc) is 3.12. The number of carbonyl (C=O) groups excluding carboxylic acids is 1. The van der Waals surface area contributed by atoms with Crippen molar-refractivity contribution in [2.45, 2.75) is 51.6 Å². The van der Waals surface area contributed by atoms with Gasteiger partial charge in [0.25, 0.3) is 5.91 Å². The molecule has 8 heteroatoms. The van der Waals surface area contributed by atoms with Gasteiger partial charge in [-0.1, -0.05) is 50.1 Å². The Balaban J connectivity index is 1.65. The number of benzene rings is 1. The standard InChI is InChI=1S/C20H27N5O3/c1-2-8-17-19(25(27)28)18(23-22-17)20(26)21-13-16-11-6-7-12-24(16)14-15-9-4-3-5-10-15/h3-5,9-10,16H,2,6-8,11-14H2,1H3,(H,21,26)(H,22,23). The van der Waals surface area contributed by atoms with Crippen molar-refractivity contribution < 1.29 is 9.72 Å². The van der Waals surface area contributed by atoms with Crippen LogP contribution in [0.3, 0.4) is 0 Å². The molecule has 1 amide bonds. The number of aromatic amines is 1. The van der Waals surface area contributed by atoms with Crippen LogP contribution in [0, 0.1) is 10.1 Å². The second-order valence-corrected chi connectivity index (χ2v) is 7.22. The lowest BCUT2D eigenvalue weighted by atomic mass is 10.0. The number of rotatable bonds is 8. The van der Waals surface area contributed by atoms with Crippen LogP contribution in [0.25, 0.3) is 0 Å². The summed E-state index contributed by atoms with van der Waals surface area (Å²) in [5, 5.41) is 20.8. The Morgan fingerprint density at radius 3 is 2.86 bits per heavy atom. The number of hydrogen-bond acceptors (Lipinski definition) is 5. The van der Waals surface area contributed by atoms with Crippen molar-refractivity contribution in [3.63, 3.8) is 0 Å². The first-order valence-corrected chi connectivity index (χ1v) is 9.88. The van der Waals surface area contributed by atoms with Crippen LogP contribution < -0.4 is 5.32 Å². The van der Waals surface area contributed by atoms with Crippen molar-refractivity contribution in [2.75, 3.05) is 13.1 Å². The van der Waals surface area contributed by atoms with Crippen molar-refractivity contribution in [3.05, 3.63) is 57.4 Å². The number of piperidine rings is 1. The maximum atomic E-state index is 12.6. The fraction of sp³-hybridized carbons (Fsp3) is 0.500. The summed E-state index contributed by atoms with van der Waals surface area (Å²) in [6.07, 6.45) is 4.49. The van der Waals surface area contributed by atoms with Gasteiger partial charge in [-0.25, -0.2) is 0 Å². The summed E-state index contributed by atoms with van der Waals surface area (Å²) < 4.78 is 0. The summed E-state index contributed by atoms with van der Waals surface area (Å²) in [6, 6.07) is 10.5. The normalized spacial score (nSPS) is 17.4. The number of nitrogens with zero attached hydrogens (tertiary/aromatic N) is 3. The van der Waals surface area contributed by atoms with Gasteiger partial charge in [-0.05, 0) is 31.4 Å². The number of hydrogen-bond donors (Lipinski definition) is 2. The van der Waals surface area contributed by atoms with Crippen LogP contribution in [0.15, 0.2) is 30.3 Å². The lowest BCUT2D eigenvalue weighted by Gasteiger charge is -2.35. The summed E-state index contributed by atoms with van der Waals surface area (Å²) in [4.78, 5) is 25.8. The van der Waals surface area contributed by atoms with Gasteiger partial charge in [-0.3, -0.25) is 24.9 Å². The average molecular weight is 385 g/mol. The van der Waals surface area contributed by atoms with Crippen LogP contribution in [0.4, 0.5) is 5.69 Å². The Bertz CT molecular complexity index is 805. The van der Waals surface area contributed by atoms with E-state index in [1.54, 1.807) is 0 Å². The number of amides is 1. The quantitative estimate of drug-likeness (QED) is 0.537. The molecule has 1 atom stereocenters. The SMILES string of the molecule is CCCc1[nH]nc(C(=O)NCC2CCCCN2Cc2ccccc2)c1[N+](=O)[O-]. The molecule has 3 rings (SSSR count). The minimum Gasteiger partial charge on any atom is -0.349 e. The van der Waals surface area contributed by atoms with E-state index in [2.05, 4.69) is 32.5 Å². The zero-order valence-electron chi connectivity index (χ0n) is 16.2. The zero-order chi connectivity index (χ0) is 19.9. The van der Waals surface area contributed by atoms with E-state index in [9.17, 15) is 14.9 Å². The van der Waals surface area contributed by atoms with Gasteiger partial charge < -0.3 is 5.32 Å². The highest BCUT2D eigenvalue weighted by Crippen LogP contribution is 2.23. The van der Waals surface area contributed by atoms with E-state index >= 15 is 0 Å². The van der Waals surface area contributed by atoms with Crippen molar-refractivity contribution in [1.82, 2.24) is 20.4 Å². The van der Waals surface area contributed by atoms with E-state index < -0.39 is 10.8 Å². The van der Waals surface area contributed by atoms with Crippen LogP contribution in [-0.2, 0) is 13.0 Å². The van der Waals surface area contributed by atoms with Crippen molar-refractivity contribution in [1.29, 1.82) is 0 Å². The van der Waals surface area contributed by atoms with Gasteiger partial charge in [0.1, 0.15) is 5.69 Å². The highest BCUT2D eigenvalue weighted by Gasteiger charge is 2.30. The third kappa shape index (κ3) is 4.75. The molecule has 8 nitrogen and oxygen atoms in total. The molecule has 1 aliphatic heterocycles. The lowest BCUT2D eigenvalue weighted by molar-refractivity contribution is -0.385. The molecule has 0 aliphatic carbocycles. The first-order valence-electron chi connectivity index (χ1n) is 9.88. The molecule has 0 bridgehead atoms. The number of aryl methyl sites for hydroxylation is 1. The van der Waals surface area contributed by atoms with E-state index in [4.69, 9.17) is 0 Å². The predicted molar refractivity (Wildman–Crippen MR) is 106 cm³/mol. The minimum atomic E-state index is -0.522. The van der Waals surface area contributed by atoms with Crippen LogP contribution in [0.5, 0.6) is 0 Å². The van der Waals surface area contributed by atoms with Gasteiger partial charge >= 0.3 is 5.69 Å². The highest BCUT2D eigenvalue weighted by atomic mass is 16.6. The molecule has 2 heterocycles. The molecule has 0 radical (unpaired) electrons. The molecule has 150 valence electrons. The Hall–Kier alpha value is -2.74. The molecule has 28 heavy (non-hydrogen) atoms. The molecule has 0 saturated carbocycles. The second-order valence-electron chi connectivity index (χ2n) is 7.22. The minimum absolute atomic E-state index is 0.126. The molecular formula is C20H27N5O3. The Morgan fingerprint density at radius 1 is 1.36 bits per heavy atom. The molecule has 1 aromatic carbocycles. The van der Waals surface area contributed by atoms with Gasteiger partial charge in [0.05, 0.1) is 4.92 Å². The summed E-state index contributed by atoms with van der Waals surface area (Å²) in [5.41, 5.74) is 1.32. The van der Waals surface area contributed by atoms with Gasteiger partial charge in [-0.15, -0.1) is 0 Å². The smallest absolute Gasteiger partial charge is 0.322 e. The molecular weight excluding hydrogens is 358 g/mol. The van der Waals surface area contributed by atoms with Gasteiger partial charge in [-0.2, -0.15) is 5.10 Å². The lowest BCUT2D eigenvalue weighted by Crippen LogP contribution is -2.46. The maximum absolute atomic E-state index is 12.6. The monoisotopic (exact) mass is 385 g/mol. The summed E-state index contributed by atoms with van der Waals surface area (Å²) in [7, 11) is 0. The molecule has 1 saturated heterocycles.